The molecule has 24 heavy (non-hydrogen) atoms. The van der Waals surface area contributed by atoms with E-state index in [1.807, 2.05) is 66.7 Å². The van der Waals surface area contributed by atoms with Crippen LogP contribution in [0.3, 0.4) is 0 Å². The van der Waals surface area contributed by atoms with Crippen LogP contribution in [0.2, 0.25) is 0 Å². The van der Waals surface area contributed by atoms with Crippen molar-refractivity contribution in [1.29, 1.82) is 0 Å². The second-order valence-corrected chi connectivity index (χ2v) is 5.43. The molecular weight excluding hydrogens is 298 g/mol. The first kappa shape index (κ1) is 14.1. The van der Waals surface area contributed by atoms with E-state index in [0.29, 0.717) is 11.5 Å². The maximum absolute atomic E-state index is 5.81. The Kier molecular flexibility index (Phi) is 3.51. The molecule has 5 heteroatoms. The largest absolute Gasteiger partial charge is 0.399 e. The molecule has 4 aromatic rings. The number of H-pyrrole nitrogens is 1. The van der Waals surface area contributed by atoms with E-state index in [9.17, 15) is 0 Å². The van der Waals surface area contributed by atoms with Gasteiger partial charge in [-0.15, -0.1) is 0 Å². The minimum Gasteiger partial charge on any atom is -0.399 e. The average Bonchev–Trinajstić information content (AvgIpc) is 3.13. The molecule has 2 aromatic carbocycles. The molecule has 0 unspecified atom stereocenters. The highest BCUT2D eigenvalue weighted by atomic mass is 15.2. The van der Waals surface area contributed by atoms with Gasteiger partial charge < -0.3 is 5.73 Å². The lowest BCUT2D eigenvalue weighted by Crippen LogP contribution is -1.86. The molecule has 0 fully saturated rings. The molecule has 2 aromatic heterocycles. The molecule has 0 bridgehead atoms. The van der Waals surface area contributed by atoms with Crippen LogP contribution >= 0.6 is 0 Å². The van der Waals surface area contributed by atoms with Crippen molar-refractivity contribution in [3.05, 3.63) is 72.9 Å². The highest BCUT2D eigenvalue weighted by Crippen LogP contribution is 2.24. The van der Waals surface area contributed by atoms with Gasteiger partial charge >= 0.3 is 0 Å². The molecule has 0 saturated carbocycles. The summed E-state index contributed by atoms with van der Waals surface area (Å²) in [6, 6.07) is 21.5. The fraction of sp³-hybridized carbons (Fsp3) is 0. The van der Waals surface area contributed by atoms with Gasteiger partial charge in [0.15, 0.2) is 11.6 Å². The van der Waals surface area contributed by atoms with Crippen molar-refractivity contribution >= 4 is 5.69 Å². The summed E-state index contributed by atoms with van der Waals surface area (Å²) in [7, 11) is 0. The Balaban J connectivity index is 1.63. The number of nitrogen functional groups attached to an aromatic ring is 1. The van der Waals surface area contributed by atoms with Crippen LogP contribution < -0.4 is 5.73 Å². The van der Waals surface area contributed by atoms with Crippen molar-refractivity contribution in [3.63, 3.8) is 0 Å². The normalized spacial score (nSPS) is 10.7. The molecule has 2 heterocycles. The number of nitrogens with zero attached hydrogens (tertiary/aromatic N) is 3. The Hall–Kier alpha value is -3.47. The summed E-state index contributed by atoms with van der Waals surface area (Å²) in [6.45, 7) is 0. The van der Waals surface area contributed by atoms with Gasteiger partial charge in [-0.05, 0) is 24.3 Å². The molecule has 0 spiro atoms. The van der Waals surface area contributed by atoms with E-state index < -0.39 is 0 Å². The lowest BCUT2D eigenvalue weighted by molar-refractivity contribution is 1.10. The number of hydrogen-bond donors (Lipinski definition) is 2. The molecule has 0 aliphatic heterocycles. The number of nitrogens with two attached hydrogens (primary N) is 1. The third-order valence-electron chi connectivity index (χ3n) is 3.75. The quantitative estimate of drug-likeness (QED) is 0.564. The van der Waals surface area contributed by atoms with Gasteiger partial charge in [-0.2, -0.15) is 5.10 Å². The van der Waals surface area contributed by atoms with Gasteiger partial charge in [0.2, 0.25) is 0 Å². The van der Waals surface area contributed by atoms with E-state index >= 15 is 0 Å². The number of aromatic amines is 1. The summed E-state index contributed by atoms with van der Waals surface area (Å²) < 4.78 is 0. The zero-order chi connectivity index (χ0) is 16.4. The fourth-order valence-corrected chi connectivity index (χ4v) is 2.53. The molecule has 0 saturated heterocycles. The average molecular weight is 313 g/mol. The van der Waals surface area contributed by atoms with Crippen LogP contribution in [0.1, 0.15) is 0 Å². The zero-order valence-electron chi connectivity index (χ0n) is 12.8. The summed E-state index contributed by atoms with van der Waals surface area (Å²) in [6.07, 6.45) is 1.79. The predicted molar refractivity (Wildman–Crippen MR) is 94.9 cm³/mol. The van der Waals surface area contributed by atoms with E-state index in [-0.39, 0.29) is 0 Å². The molecule has 5 nitrogen and oxygen atoms in total. The number of hydrogen-bond acceptors (Lipinski definition) is 4. The van der Waals surface area contributed by atoms with Gasteiger partial charge in [-0.25, -0.2) is 4.98 Å². The minimum absolute atomic E-state index is 0.631. The second kappa shape index (κ2) is 5.96. The Morgan fingerprint density at radius 2 is 1.62 bits per heavy atom. The van der Waals surface area contributed by atoms with E-state index in [1.165, 1.54) is 0 Å². The Bertz CT molecular complexity index is 958. The van der Waals surface area contributed by atoms with Crippen LogP contribution in [0.25, 0.3) is 34.0 Å². The van der Waals surface area contributed by atoms with Gasteiger partial charge in [0, 0.05) is 28.6 Å². The van der Waals surface area contributed by atoms with Crippen LogP contribution in [0.4, 0.5) is 5.69 Å². The first-order valence-electron chi connectivity index (χ1n) is 7.60. The highest BCUT2D eigenvalue weighted by molar-refractivity contribution is 5.67. The van der Waals surface area contributed by atoms with Crippen molar-refractivity contribution in [2.75, 3.05) is 5.73 Å². The first-order chi connectivity index (χ1) is 11.8. The Morgan fingerprint density at radius 3 is 2.38 bits per heavy atom. The number of rotatable bonds is 3. The van der Waals surface area contributed by atoms with Gasteiger partial charge in [0.25, 0.3) is 0 Å². The molecule has 0 atom stereocenters. The van der Waals surface area contributed by atoms with E-state index in [2.05, 4.69) is 20.2 Å². The lowest BCUT2D eigenvalue weighted by atomic mass is 10.1. The standard InChI is InChI=1S/C19H15N5/c20-16-5-3-4-15(12-16)19-22-18(23-24-19)14-9-7-13(8-10-14)17-6-1-2-11-21-17/h1-12H,20H2,(H,22,23,24). The molecule has 0 aliphatic rings. The molecule has 0 amide bonds. The van der Waals surface area contributed by atoms with Crippen LogP contribution in [0.5, 0.6) is 0 Å². The monoisotopic (exact) mass is 313 g/mol. The van der Waals surface area contributed by atoms with E-state index in [0.717, 1.165) is 28.2 Å². The summed E-state index contributed by atoms with van der Waals surface area (Å²) in [4.78, 5) is 8.91. The third-order valence-corrected chi connectivity index (χ3v) is 3.75. The van der Waals surface area contributed by atoms with Crippen LogP contribution in [-0.2, 0) is 0 Å². The minimum atomic E-state index is 0.631. The molecule has 3 N–H and O–H groups in total. The maximum Gasteiger partial charge on any atom is 0.181 e. The number of nitrogens with one attached hydrogen (secondary N) is 1. The maximum atomic E-state index is 5.81. The first-order valence-corrected chi connectivity index (χ1v) is 7.60. The van der Waals surface area contributed by atoms with E-state index in [4.69, 9.17) is 5.73 Å². The van der Waals surface area contributed by atoms with Gasteiger partial charge in [0.1, 0.15) is 0 Å². The molecule has 0 radical (unpaired) electrons. The topological polar surface area (TPSA) is 80.5 Å². The number of anilines is 1. The van der Waals surface area contributed by atoms with Crippen molar-refractivity contribution < 1.29 is 0 Å². The zero-order valence-corrected chi connectivity index (χ0v) is 12.8. The Morgan fingerprint density at radius 1 is 0.792 bits per heavy atom. The summed E-state index contributed by atoms with van der Waals surface area (Å²) >= 11 is 0. The number of pyridine rings is 1. The second-order valence-electron chi connectivity index (χ2n) is 5.43. The molecule has 0 aliphatic carbocycles. The fourth-order valence-electron chi connectivity index (χ4n) is 2.53. The van der Waals surface area contributed by atoms with Gasteiger partial charge in [-0.1, -0.05) is 42.5 Å². The summed E-state index contributed by atoms with van der Waals surface area (Å²) in [5, 5.41) is 7.26. The third kappa shape index (κ3) is 2.75. The molecule has 116 valence electrons. The van der Waals surface area contributed by atoms with Crippen LogP contribution in [0.15, 0.2) is 72.9 Å². The van der Waals surface area contributed by atoms with Crippen molar-refractivity contribution in [2.24, 2.45) is 0 Å². The SMILES string of the molecule is Nc1cccc(-c2n[nH]c(-c3ccc(-c4ccccn4)cc3)n2)c1. The predicted octanol–water partition coefficient (Wildman–Crippen LogP) is 3.78. The lowest BCUT2D eigenvalue weighted by Gasteiger charge is -2.01. The summed E-state index contributed by atoms with van der Waals surface area (Å²) in [5.41, 5.74) is 10.4. The van der Waals surface area contributed by atoms with Gasteiger partial charge in [0.05, 0.1) is 5.69 Å². The number of benzene rings is 2. The van der Waals surface area contributed by atoms with Crippen LogP contribution in [0, 0.1) is 0 Å². The van der Waals surface area contributed by atoms with Crippen molar-refractivity contribution in [1.82, 2.24) is 20.2 Å². The van der Waals surface area contributed by atoms with Gasteiger partial charge in [-0.3, -0.25) is 10.1 Å². The van der Waals surface area contributed by atoms with Crippen molar-refractivity contribution in [2.45, 2.75) is 0 Å². The molecular formula is C19H15N5. The summed E-state index contributed by atoms with van der Waals surface area (Å²) in [5.74, 6) is 1.35. The number of aromatic nitrogens is 4. The smallest absolute Gasteiger partial charge is 0.181 e. The van der Waals surface area contributed by atoms with E-state index in [1.54, 1.807) is 6.20 Å². The van der Waals surface area contributed by atoms with Crippen molar-refractivity contribution in [3.8, 4) is 34.0 Å². The highest BCUT2D eigenvalue weighted by Gasteiger charge is 2.08. The van der Waals surface area contributed by atoms with Crippen LogP contribution in [-0.4, -0.2) is 20.2 Å². The molecule has 4 rings (SSSR count). The Labute approximate surface area is 139 Å².